The second-order valence-electron chi connectivity index (χ2n) is 26.3. The molecular formula is C60H99N3O48. The van der Waals surface area contributed by atoms with Crippen LogP contribution < -0.4 is 16.4 Å². The van der Waals surface area contributed by atoms with E-state index in [4.69, 9.17) is 81.5 Å². The number of unbranched alkanes of at least 4 members (excludes halogenated alkanes) is 1. The number of nitrogens with one attached hydrogen (secondary N) is 2. The van der Waals surface area contributed by atoms with Gasteiger partial charge >= 0.3 is 23.9 Å². The zero-order valence-electron chi connectivity index (χ0n) is 58.7. The molecule has 8 aliphatic rings. The predicted octanol–water partition coefficient (Wildman–Crippen LogP) is -18.6. The second kappa shape index (κ2) is 42.4. The average molecular weight is 1630 g/mol. The van der Waals surface area contributed by atoms with E-state index in [2.05, 4.69) is 15.4 Å². The number of esters is 1. The minimum atomic E-state index is -2.29. The van der Waals surface area contributed by atoms with Crippen LogP contribution in [-0.4, -0.2) is 476 Å². The lowest BCUT2D eigenvalue weighted by atomic mass is 9.95. The fourth-order valence-corrected chi connectivity index (χ4v) is 12.7. The molecule has 8 rings (SSSR count). The number of carbonyl (C=O) groups is 6. The van der Waals surface area contributed by atoms with Crippen molar-refractivity contribution >= 4 is 35.7 Å². The summed E-state index contributed by atoms with van der Waals surface area (Å²) in [7, 11) is 2.44. The van der Waals surface area contributed by atoms with Crippen LogP contribution in [0.15, 0.2) is 0 Å². The first-order valence-electron chi connectivity index (χ1n) is 34.5. The Kier molecular flexibility index (Phi) is 35.7. The molecule has 8 heterocycles. The van der Waals surface area contributed by atoms with Gasteiger partial charge in [-0.05, 0) is 12.8 Å². The Hall–Kier alpha value is -4.74. The first-order chi connectivity index (χ1) is 52.5. The van der Waals surface area contributed by atoms with Crippen LogP contribution in [0.5, 0.6) is 0 Å². The molecule has 29 N–H and O–H groups in total. The second-order valence-corrected chi connectivity index (χ2v) is 26.3. The summed E-state index contributed by atoms with van der Waals surface area (Å²) in [6.07, 6.45) is -78.3. The van der Waals surface area contributed by atoms with Gasteiger partial charge in [-0.25, -0.2) is 19.2 Å². The molecule has 8 fully saturated rings. The van der Waals surface area contributed by atoms with Crippen molar-refractivity contribution in [1.29, 1.82) is 0 Å². The van der Waals surface area contributed by atoms with Crippen LogP contribution >= 0.6 is 0 Å². The van der Waals surface area contributed by atoms with Gasteiger partial charge in [0.15, 0.2) is 74.7 Å². The first-order valence-corrected chi connectivity index (χ1v) is 34.5. The molecule has 0 aromatic rings. The number of ether oxygens (including phenoxy) is 17. The molecule has 40 unspecified atom stereocenters. The maximum absolute atomic E-state index is 12.1. The van der Waals surface area contributed by atoms with E-state index >= 15 is 0 Å². The molecule has 8 aliphatic heterocycles. The number of nitrogens with two attached hydrogens (primary N) is 1. The number of carboxylic acids is 3. The molecular weight excluding hydrogens is 1530 g/mol. The number of hydrogen-bond acceptors (Lipinski definition) is 46. The molecule has 0 aliphatic carbocycles. The molecule has 8 saturated heterocycles. The molecule has 0 spiro atoms. The van der Waals surface area contributed by atoms with Gasteiger partial charge in [0.05, 0.1) is 46.8 Å². The number of hydrogen-bond donors (Lipinski definition) is 28. The van der Waals surface area contributed by atoms with Crippen molar-refractivity contribution in [2.45, 2.75) is 271 Å². The van der Waals surface area contributed by atoms with Crippen LogP contribution in [0, 0.1) is 0 Å². The van der Waals surface area contributed by atoms with Crippen molar-refractivity contribution in [3.63, 3.8) is 0 Å². The largest absolute Gasteiger partial charge is 0.479 e. The molecule has 2 amide bonds. The van der Waals surface area contributed by atoms with E-state index in [0.29, 0.717) is 12.8 Å². The van der Waals surface area contributed by atoms with Gasteiger partial charge in [-0.3, -0.25) is 9.59 Å². The fraction of sp³-hybridized carbons (Fsp3) is 0.900. The number of carboxylic acid groups (broad SMARTS) is 3. The van der Waals surface area contributed by atoms with Gasteiger partial charge in [0.25, 0.3) is 0 Å². The molecule has 0 aromatic carbocycles. The summed E-state index contributed by atoms with van der Waals surface area (Å²) in [5, 5.41) is 266. The quantitative estimate of drug-likeness (QED) is 0.0220. The number of amides is 2. The Balaban J connectivity index is 0.000000312. The fourth-order valence-electron chi connectivity index (χ4n) is 12.7. The van der Waals surface area contributed by atoms with E-state index < -0.39 is 296 Å². The third-order valence-electron chi connectivity index (χ3n) is 18.9. The van der Waals surface area contributed by atoms with Gasteiger partial charge in [-0.15, -0.1) is 0 Å². The number of methoxy groups -OCH3 is 1. The number of carbonyl (C=O) groups excluding carboxylic acids is 3. The Bertz CT molecular complexity index is 2920. The van der Waals surface area contributed by atoms with Crippen molar-refractivity contribution in [2.24, 2.45) is 5.73 Å². The standard InChI is InChI=1S/C33H54N2O25.C27H45NO23/c1-34-12(38)4-2-3-5-13(39)35-6-7-53-30-19(45)16(42)23(10(8-36)54-30)57-33-22(48)25(21(47)27(60-33)29(51)52)58-31-20(46)17(43)24(11(9-37)55-31)56-32-18(44)14(40)15(41)26(59-32)28(49)50;1-43-23(42)21-9(32)8(31)12(35)26(51-21)47-18-7(5-30)46-25(14(37)11(18)34)49-19-15(38)20(22(40)41)50-27(16(19)39)48-17-6(4-29)45-24(44-3-2-28)13(36)10(17)33/h10-11,14-27,30-33,36-37,40-48H,2-9H2,1H3,(H,34,38)(H,35,39)(H,49,50)(H,51,52);6-21,24-27,29-39H,2-5,28H2,1H3,(H,40,41). The highest BCUT2D eigenvalue weighted by Gasteiger charge is 2.60. The predicted molar refractivity (Wildman–Crippen MR) is 336 cm³/mol. The first kappa shape index (κ1) is 93.4. The Morgan fingerprint density at radius 2 is 0.613 bits per heavy atom. The SMILES string of the molecule is CNC(=O)CCCCC(=O)NCCOC1OC(CO)C(OC2OC(C(=O)O)C(O)C(OC3OC(CO)C(OC4OC(C(=O)O)C(O)C(O)C4O)C(O)C3O)C2O)C(O)C1O.COC(=O)C1OC(OC2C(CO)OC(OC3C(O)C(OC4C(CO)OC(OCCN)C(O)C4O)OC(C(=O)O)C3O)C(O)C2O)C(O)C(O)C1O. The van der Waals surface area contributed by atoms with E-state index in [9.17, 15) is 156 Å². The molecule has 0 aromatic heterocycles. The third-order valence-corrected chi connectivity index (χ3v) is 18.9. The van der Waals surface area contributed by atoms with Crippen LogP contribution in [0.2, 0.25) is 0 Å². The van der Waals surface area contributed by atoms with E-state index in [1.165, 1.54) is 7.05 Å². The van der Waals surface area contributed by atoms with Crippen molar-refractivity contribution in [2.75, 3.05) is 66.9 Å². The van der Waals surface area contributed by atoms with Crippen LogP contribution in [0.25, 0.3) is 0 Å². The topological polar surface area (TPSA) is 815 Å². The van der Waals surface area contributed by atoms with E-state index in [0.717, 1.165) is 7.11 Å². The molecule has 642 valence electrons. The van der Waals surface area contributed by atoms with E-state index in [1.54, 1.807) is 0 Å². The highest BCUT2D eigenvalue weighted by molar-refractivity contribution is 5.77. The van der Waals surface area contributed by atoms with E-state index in [-0.39, 0.29) is 51.0 Å². The summed E-state index contributed by atoms with van der Waals surface area (Å²) in [6, 6.07) is 0. The number of aliphatic hydroxyl groups excluding tert-OH is 22. The maximum atomic E-state index is 12.1. The molecule has 0 saturated carbocycles. The van der Waals surface area contributed by atoms with Crippen LogP contribution in [0.4, 0.5) is 0 Å². The lowest BCUT2D eigenvalue weighted by molar-refractivity contribution is -0.385. The summed E-state index contributed by atoms with van der Waals surface area (Å²) in [5.41, 5.74) is 5.37. The van der Waals surface area contributed by atoms with Gasteiger partial charge in [-0.2, -0.15) is 0 Å². The van der Waals surface area contributed by atoms with E-state index in [1.807, 2.05) is 0 Å². The lowest BCUT2D eigenvalue weighted by Gasteiger charge is -2.48. The zero-order chi connectivity index (χ0) is 82.5. The van der Waals surface area contributed by atoms with Crippen molar-refractivity contribution in [1.82, 2.24) is 10.6 Å². The maximum Gasteiger partial charge on any atom is 0.337 e. The van der Waals surface area contributed by atoms with Crippen LogP contribution in [0.3, 0.4) is 0 Å². The number of rotatable bonds is 32. The summed E-state index contributed by atoms with van der Waals surface area (Å²) in [6.45, 7) is -4.22. The van der Waals surface area contributed by atoms with Gasteiger partial charge in [0.2, 0.25) is 11.8 Å². The smallest absolute Gasteiger partial charge is 0.337 e. The Morgan fingerprint density at radius 1 is 0.333 bits per heavy atom. The molecule has 0 bridgehead atoms. The Labute approximate surface area is 625 Å². The molecule has 51 heteroatoms. The van der Waals surface area contributed by atoms with Gasteiger partial charge in [0, 0.05) is 33.0 Å². The van der Waals surface area contributed by atoms with Gasteiger partial charge in [0.1, 0.15) is 171 Å². The highest BCUT2D eigenvalue weighted by Crippen LogP contribution is 2.38. The monoisotopic (exact) mass is 1630 g/mol. The molecule has 0 radical (unpaired) electrons. The van der Waals surface area contributed by atoms with Crippen molar-refractivity contribution in [3.05, 3.63) is 0 Å². The minimum Gasteiger partial charge on any atom is -0.479 e. The summed E-state index contributed by atoms with van der Waals surface area (Å²) >= 11 is 0. The van der Waals surface area contributed by atoms with Crippen LogP contribution in [0.1, 0.15) is 25.7 Å². The van der Waals surface area contributed by atoms with Gasteiger partial charge < -0.3 is 225 Å². The Morgan fingerprint density at radius 3 is 0.946 bits per heavy atom. The summed E-state index contributed by atoms with van der Waals surface area (Å²) in [4.78, 5) is 71.0. The lowest BCUT2D eigenvalue weighted by Crippen LogP contribution is -2.68. The highest BCUT2D eigenvalue weighted by atomic mass is 16.8. The number of aliphatic hydroxyl groups is 22. The minimum absolute atomic E-state index is 0.0165. The van der Waals surface area contributed by atoms with Crippen molar-refractivity contribution in [3.8, 4) is 0 Å². The van der Waals surface area contributed by atoms with Gasteiger partial charge in [-0.1, -0.05) is 0 Å². The summed E-state index contributed by atoms with van der Waals surface area (Å²) < 4.78 is 90.8. The zero-order valence-corrected chi connectivity index (χ0v) is 58.7. The molecule has 111 heavy (non-hydrogen) atoms. The third kappa shape index (κ3) is 22.1. The molecule has 40 atom stereocenters. The average Bonchev–Trinajstić information content (AvgIpc) is 0.778. The number of aliphatic carboxylic acids is 3. The van der Waals surface area contributed by atoms with Crippen molar-refractivity contribution < 1.29 is 237 Å². The van der Waals surface area contributed by atoms with Crippen LogP contribution in [-0.2, 0) is 109 Å². The molecule has 51 nitrogen and oxygen atoms in total. The normalized spacial score (nSPS) is 44.8. The summed E-state index contributed by atoms with van der Waals surface area (Å²) in [5.74, 6) is -7.09.